The van der Waals surface area contributed by atoms with E-state index in [1.54, 1.807) is 0 Å². The lowest BCUT2D eigenvalue weighted by Gasteiger charge is -2.13. The highest BCUT2D eigenvalue weighted by atomic mass is 16.4. The number of rotatable bonds is 6. The number of carboxylic acid groups (broad SMARTS) is 1. The summed E-state index contributed by atoms with van der Waals surface area (Å²) in [6.45, 7) is 4.01. The van der Waals surface area contributed by atoms with Crippen LogP contribution >= 0.6 is 0 Å². The van der Waals surface area contributed by atoms with Gasteiger partial charge in [0.2, 0.25) is 5.91 Å². The van der Waals surface area contributed by atoms with Crippen molar-refractivity contribution >= 4 is 17.6 Å². The van der Waals surface area contributed by atoms with Gasteiger partial charge in [-0.1, -0.05) is 6.07 Å². The lowest BCUT2D eigenvalue weighted by molar-refractivity contribution is -0.140. The van der Waals surface area contributed by atoms with Crippen molar-refractivity contribution in [1.82, 2.24) is 5.32 Å². The molecule has 2 rings (SSSR count). The van der Waals surface area contributed by atoms with Crippen LogP contribution in [0, 0.1) is 19.8 Å². The van der Waals surface area contributed by atoms with Gasteiger partial charge in [-0.25, -0.2) is 0 Å². The molecule has 1 saturated carbocycles. The van der Waals surface area contributed by atoms with Crippen molar-refractivity contribution in [3.63, 3.8) is 0 Å². The van der Waals surface area contributed by atoms with Gasteiger partial charge in [0, 0.05) is 5.69 Å². The summed E-state index contributed by atoms with van der Waals surface area (Å²) in [5, 5.41) is 14.6. The smallest absolute Gasteiger partial charge is 0.320 e. The number of benzene rings is 1. The maximum Gasteiger partial charge on any atom is 0.320 e. The van der Waals surface area contributed by atoms with E-state index in [0.29, 0.717) is 0 Å². The molecule has 1 aliphatic carbocycles. The number of carbonyl (C=O) groups is 2. The Morgan fingerprint density at radius 1 is 1.30 bits per heavy atom. The van der Waals surface area contributed by atoms with Crippen molar-refractivity contribution in [3.8, 4) is 0 Å². The Morgan fingerprint density at radius 2 is 2.00 bits per heavy atom. The van der Waals surface area contributed by atoms with E-state index >= 15 is 0 Å². The Labute approximate surface area is 118 Å². The van der Waals surface area contributed by atoms with Gasteiger partial charge < -0.3 is 10.4 Å². The third kappa shape index (κ3) is 3.81. The first-order valence-electron chi connectivity index (χ1n) is 6.80. The van der Waals surface area contributed by atoms with Crippen LogP contribution in [0.4, 0.5) is 5.69 Å². The molecule has 1 aromatic carbocycles. The van der Waals surface area contributed by atoms with E-state index in [4.69, 9.17) is 5.11 Å². The van der Waals surface area contributed by atoms with E-state index in [1.807, 2.05) is 32.0 Å². The fourth-order valence-electron chi connectivity index (χ4n) is 2.11. The topological polar surface area (TPSA) is 78.4 Å². The van der Waals surface area contributed by atoms with E-state index in [9.17, 15) is 9.59 Å². The number of carbonyl (C=O) groups excluding carboxylic acids is 1. The van der Waals surface area contributed by atoms with Crippen molar-refractivity contribution in [2.45, 2.75) is 32.7 Å². The summed E-state index contributed by atoms with van der Waals surface area (Å²) in [6, 6.07) is 5.09. The molecule has 1 aromatic rings. The summed E-state index contributed by atoms with van der Waals surface area (Å²) in [6.07, 6.45) is 1.84. The second-order valence-electron chi connectivity index (χ2n) is 5.38. The summed E-state index contributed by atoms with van der Waals surface area (Å²) < 4.78 is 0. The number of nitrogens with one attached hydrogen (secondary N) is 2. The van der Waals surface area contributed by atoms with Gasteiger partial charge in [-0.3, -0.25) is 14.9 Å². The standard InChI is InChI=1S/C15H20N2O3/c1-9-3-6-12(7-10(9)2)17-13(18)8-16-14(15(19)20)11-4-5-11/h3,6-7,11,14,16H,4-5,8H2,1-2H3,(H,17,18)(H,19,20). The van der Waals surface area contributed by atoms with E-state index < -0.39 is 12.0 Å². The van der Waals surface area contributed by atoms with Crippen LogP contribution < -0.4 is 10.6 Å². The molecule has 1 unspecified atom stereocenters. The monoisotopic (exact) mass is 276 g/mol. The van der Waals surface area contributed by atoms with Crippen molar-refractivity contribution in [3.05, 3.63) is 29.3 Å². The van der Waals surface area contributed by atoms with E-state index in [0.717, 1.165) is 24.1 Å². The molecule has 1 aliphatic rings. The molecular formula is C15H20N2O3. The molecule has 0 saturated heterocycles. The molecule has 5 nitrogen and oxygen atoms in total. The molecule has 0 radical (unpaired) electrons. The minimum Gasteiger partial charge on any atom is -0.480 e. The number of aryl methyl sites for hydroxylation is 2. The fourth-order valence-corrected chi connectivity index (χ4v) is 2.11. The van der Waals surface area contributed by atoms with Gasteiger partial charge in [-0.15, -0.1) is 0 Å². The molecule has 20 heavy (non-hydrogen) atoms. The highest BCUT2D eigenvalue weighted by Gasteiger charge is 2.36. The third-order valence-electron chi connectivity index (χ3n) is 3.63. The van der Waals surface area contributed by atoms with Crippen LogP contribution in [0.2, 0.25) is 0 Å². The minimum atomic E-state index is -0.883. The number of hydrogen-bond donors (Lipinski definition) is 3. The Balaban J connectivity index is 1.85. The third-order valence-corrected chi connectivity index (χ3v) is 3.63. The maximum absolute atomic E-state index is 11.8. The SMILES string of the molecule is Cc1ccc(NC(=O)CNC(C(=O)O)C2CC2)cc1C. The Kier molecular flexibility index (Phi) is 4.39. The molecule has 0 aliphatic heterocycles. The van der Waals surface area contributed by atoms with Gasteiger partial charge in [0.1, 0.15) is 6.04 Å². The summed E-state index contributed by atoms with van der Waals surface area (Å²) in [5.41, 5.74) is 3.01. The zero-order valence-corrected chi connectivity index (χ0v) is 11.8. The number of amides is 1. The van der Waals surface area contributed by atoms with Gasteiger partial charge >= 0.3 is 5.97 Å². The predicted molar refractivity (Wildman–Crippen MR) is 76.7 cm³/mol. The first kappa shape index (κ1) is 14.5. The van der Waals surface area contributed by atoms with Gasteiger partial charge in [-0.2, -0.15) is 0 Å². The second kappa shape index (κ2) is 6.05. The summed E-state index contributed by atoms with van der Waals surface area (Å²) in [5.74, 6) is -0.937. The summed E-state index contributed by atoms with van der Waals surface area (Å²) >= 11 is 0. The molecule has 0 bridgehead atoms. The number of hydrogen-bond acceptors (Lipinski definition) is 3. The number of aliphatic carboxylic acids is 1. The van der Waals surface area contributed by atoms with Crippen LogP contribution in [0.5, 0.6) is 0 Å². The second-order valence-corrected chi connectivity index (χ2v) is 5.38. The lowest BCUT2D eigenvalue weighted by atomic mass is 10.1. The molecule has 0 aromatic heterocycles. The Morgan fingerprint density at radius 3 is 2.55 bits per heavy atom. The van der Waals surface area contributed by atoms with Crippen molar-refractivity contribution in [1.29, 1.82) is 0 Å². The van der Waals surface area contributed by atoms with Gasteiger partial charge in [-0.05, 0) is 55.9 Å². The van der Waals surface area contributed by atoms with Crippen LogP contribution in [0.1, 0.15) is 24.0 Å². The summed E-state index contributed by atoms with van der Waals surface area (Å²) in [4.78, 5) is 22.9. The lowest BCUT2D eigenvalue weighted by Crippen LogP contribution is -2.42. The van der Waals surface area contributed by atoms with Crippen LogP contribution in [-0.2, 0) is 9.59 Å². The largest absolute Gasteiger partial charge is 0.480 e. The van der Waals surface area contributed by atoms with Crippen molar-refractivity contribution in [2.24, 2.45) is 5.92 Å². The van der Waals surface area contributed by atoms with Gasteiger partial charge in [0.15, 0.2) is 0 Å². The zero-order chi connectivity index (χ0) is 14.7. The van der Waals surface area contributed by atoms with E-state index in [-0.39, 0.29) is 18.4 Å². The van der Waals surface area contributed by atoms with Crippen LogP contribution in [0.25, 0.3) is 0 Å². The number of anilines is 1. The highest BCUT2D eigenvalue weighted by Crippen LogP contribution is 2.32. The van der Waals surface area contributed by atoms with Crippen LogP contribution in [-0.4, -0.2) is 29.6 Å². The fraction of sp³-hybridized carbons (Fsp3) is 0.467. The van der Waals surface area contributed by atoms with Crippen molar-refractivity contribution < 1.29 is 14.7 Å². The van der Waals surface area contributed by atoms with Crippen LogP contribution in [0.15, 0.2) is 18.2 Å². The van der Waals surface area contributed by atoms with Crippen LogP contribution in [0.3, 0.4) is 0 Å². The average molecular weight is 276 g/mol. The first-order chi connectivity index (χ1) is 9.47. The molecule has 108 valence electrons. The molecule has 5 heteroatoms. The Hall–Kier alpha value is -1.88. The quantitative estimate of drug-likeness (QED) is 0.739. The van der Waals surface area contributed by atoms with Gasteiger partial charge in [0.05, 0.1) is 6.54 Å². The predicted octanol–water partition coefficient (Wildman–Crippen LogP) is 1.69. The molecular weight excluding hydrogens is 256 g/mol. The molecule has 0 spiro atoms. The molecule has 3 N–H and O–H groups in total. The molecule has 1 amide bonds. The van der Waals surface area contributed by atoms with E-state index in [1.165, 1.54) is 5.56 Å². The van der Waals surface area contributed by atoms with Gasteiger partial charge in [0.25, 0.3) is 0 Å². The maximum atomic E-state index is 11.8. The normalized spacial score (nSPS) is 15.7. The first-order valence-corrected chi connectivity index (χ1v) is 6.80. The average Bonchev–Trinajstić information content (AvgIpc) is 3.18. The highest BCUT2D eigenvalue weighted by molar-refractivity contribution is 5.92. The summed E-state index contributed by atoms with van der Waals surface area (Å²) in [7, 11) is 0. The Bertz CT molecular complexity index is 524. The number of carboxylic acids is 1. The molecule has 1 atom stereocenters. The molecule has 0 heterocycles. The zero-order valence-electron chi connectivity index (χ0n) is 11.8. The molecule has 1 fully saturated rings. The minimum absolute atomic E-state index is 0.0143. The van der Waals surface area contributed by atoms with Crippen molar-refractivity contribution in [2.75, 3.05) is 11.9 Å². The van der Waals surface area contributed by atoms with E-state index in [2.05, 4.69) is 10.6 Å².